The van der Waals surface area contributed by atoms with Crippen molar-refractivity contribution in [2.45, 2.75) is 31.8 Å². The highest BCUT2D eigenvalue weighted by atomic mass is 16.5. The van der Waals surface area contributed by atoms with Gasteiger partial charge in [0.2, 0.25) is 0 Å². The molecule has 14 heavy (non-hydrogen) atoms. The van der Waals surface area contributed by atoms with Crippen LogP contribution >= 0.6 is 0 Å². The van der Waals surface area contributed by atoms with Crippen LogP contribution < -0.4 is 4.74 Å². The molecule has 0 bridgehead atoms. The van der Waals surface area contributed by atoms with Crippen LogP contribution in [0.25, 0.3) is 0 Å². The second-order valence-corrected chi connectivity index (χ2v) is 3.54. The number of aromatic nitrogens is 1. The smallest absolute Gasteiger partial charge is 0.133 e. The van der Waals surface area contributed by atoms with Gasteiger partial charge in [-0.25, -0.2) is 0 Å². The second-order valence-electron chi connectivity index (χ2n) is 3.54. The fourth-order valence-electron chi connectivity index (χ4n) is 1.64. The van der Waals surface area contributed by atoms with Crippen LogP contribution in [0.1, 0.15) is 25.7 Å². The molecule has 0 spiro atoms. The molecule has 1 aliphatic carbocycles. The highest BCUT2D eigenvalue weighted by Crippen LogP contribution is 2.20. The third-order valence-corrected chi connectivity index (χ3v) is 2.44. The summed E-state index contributed by atoms with van der Waals surface area (Å²) in [6.45, 7) is 0. The minimum Gasteiger partial charge on any atom is -0.490 e. The van der Waals surface area contributed by atoms with Crippen molar-refractivity contribution in [3.63, 3.8) is 0 Å². The van der Waals surface area contributed by atoms with Gasteiger partial charge in [0, 0.05) is 25.2 Å². The summed E-state index contributed by atoms with van der Waals surface area (Å²) in [5, 5.41) is 0. The first-order valence-corrected chi connectivity index (χ1v) is 4.93. The van der Waals surface area contributed by atoms with E-state index in [4.69, 9.17) is 4.74 Å². The Morgan fingerprint density at radius 1 is 1.21 bits per heavy atom. The topological polar surface area (TPSA) is 39.2 Å². The van der Waals surface area contributed by atoms with Crippen molar-refractivity contribution in [2.24, 2.45) is 0 Å². The van der Waals surface area contributed by atoms with Gasteiger partial charge in [0.05, 0.1) is 6.10 Å². The minimum absolute atomic E-state index is 0.204. The number of Topliss-reactive ketones (excluding diaryl/α,β-unsaturated/α-hetero) is 1. The molecule has 1 saturated carbocycles. The van der Waals surface area contributed by atoms with Crippen molar-refractivity contribution in [3.8, 4) is 5.75 Å². The fourth-order valence-corrected chi connectivity index (χ4v) is 1.64. The molecule has 0 amide bonds. The lowest BCUT2D eigenvalue weighted by atomic mass is 9.96. The van der Waals surface area contributed by atoms with E-state index in [0.717, 1.165) is 18.6 Å². The van der Waals surface area contributed by atoms with Gasteiger partial charge in [0.25, 0.3) is 0 Å². The summed E-state index contributed by atoms with van der Waals surface area (Å²) in [4.78, 5) is 14.9. The number of carbonyl (C=O) groups is 1. The molecule has 74 valence electrons. The number of hydrogen-bond donors (Lipinski definition) is 0. The van der Waals surface area contributed by atoms with Crippen molar-refractivity contribution in [3.05, 3.63) is 24.5 Å². The Kier molecular flexibility index (Phi) is 2.77. The Morgan fingerprint density at radius 2 is 1.86 bits per heavy atom. The largest absolute Gasteiger partial charge is 0.490 e. The number of rotatable bonds is 2. The van der Waals surface area contributed by atoms with E-state index >= 15 is 0 Å². The lowest BCUT2D eigenvalue weighted by Gasteiger charge is -2.22. The van der Waals surface area contributed by atoms with Crippen LogP contribution in [0.4, 0.5) is 0 Å². The van der Waals surface area contributed by atoms with Crippen LogP contribution in [-0.4, -0.2) is 16.9 Å². The summed E-state index contributed by atoms with van der Waals surface area (Å²) >= 11 is 0. The highest BCUT2D eigenvalue weighted by Gasteiger charge is 2.19. The molecule has 1 aromatic rings. The predicted molar refractivity (Wildman–Crippen MR) is 52.1 cm³/mol. The van der Waals surface area contributed by atoms with Crippen molar-refractivity contribution >= 4 is 5.78 Å². The van der Waals surface area contributed by atoms with Crippen molar-refractivity contribution < 1.29 is 9.53 Å². The zero-order chi connectivity index (χ0) is 9.80. The molecule has 0 aliphatic heterocycles. The zero-order valence-corrected chi connectivity index (χ0v) is 7.98. The Labute approximate surface area is 83.1 Å². The van der Waals surface area contributed by atoms with Gasteiger partial charge in [-0.3, -0.25) is 9.78 Å². The Morgan fingerprint density at radius 3 is 2.50 bits per heavy atom. The zero-order valence-electron chi connectivity index (χ0n) is 7.98. The average molecular weight is 191 g/mol. The van der Waals surface area contributed by atoms with Gasteiger partial charge >= 0.3 is 0 Å². The molecule has 0 unspecified atom stereocenters. The molecule has 0 aromatic carbocycles. The molecule has 1 aliphatic rings. The van der Waals surface area contributed by atoms with Crippen molar-refractivity contribution in [1.29, 1.82) is 0 Å². The van der Waals surface area contributed by atoms with E-state index in [1.54, 1.807) is 12.4 Å². The molecule has 0 atom stereocenters. The summed E-state index contributed by atoms with van der Waals surface area (Å²) < 4.78 is 5.71. The molecule has 0 N–H and O–H groups in total. The molecule has 3 heteroatoms. The van der Waals surface area contributed by atoms with E-state index in [1.165, 1.54) is 0 Å². The van der Waals surface area contributed by atoms with Crippen molar-refractivity contribution in [2.75, 3.05) is 0 Å². The van der Waals surface area contributed by atoms with Crippen LogP contribution in [0.3, 0.4) is 0 Å². The molecule has 3 nitrogen and oxygen atoms in total. The van der Waals surface area contributed by atoms with Crippen molar-refractivity contribution in [1.82, 2.24) is 4.98 Å². The normalized spacial score (nSPS) is 18.1. The van der Waals surface area contributed by atoms with Crippen LogP contribution in [-0.2, 0) is 4.79 Å². The monoisotopic (exact) mass is 191 g/mol. The number of nitrogens with zero attached hydrogens (tertiary/aromatic N) is 1. The molecular formula is C11H13NO2. The lowest BCUT2D eigenvalue weighted by molar-refractivity contribution is -0.121. The first kappa shape index (κ1) is 9.19. The Hall–Kier alpha value is -1.38. The standard InChI is InChI=1S/C11H13NO2/c13-9-1-3-10(4-2-9)14-11-5-7-12-8-6-11/h5-8,10H,1-4H2. The minimum atomic E-state index is 0.204. The predicted octanol–water partition coefficient (Wildman–Crippen LogP) is 1.97. The van der Waals surface area contributed by atoms with E-state index in [2.05, 4.69) is 4.98 Å². The third-order valence-electron chi connectivity index (χ3n) is 2.44. The Bertz CT molecular complexity index is 300. The van der Waals surface area contributed by atoms with E-state index < -0.39 is 0 Å². The highest BCUT2D eigenvalue weighted by molar-refractivity contribution is 5.79. The maximum absolute atomic E-state index is 11.0. The van der Waals surface area contributed by atoms with Gasteiger partial charge in [-0.05, 0) is 25.0 Å². The van der Waals surface area contributed by atoms with E-state index in [-0.39, 0.29) is 6.10 Å². The number of hydrogen-bond acceptors (Lipinski definition) is 3. The first-order chi connectivity index (χ1) is 6.84. The quantitative estimate of drug-likeness (QED) is 0.717. The van der Waals surface area contributed by atoms with Gasteiger partial charge in [-0.2, -0.15) is 0 Å². The van der Waals surface area contributed by atoms with Gasteiger partial charge in [-0.1, -0.05) is 0 Å². The number of ketones is 1. The number of ether oxygens (including phenoxy) is 1. The molecular weight excluding hydrogens is 178 g/mol. The second kappa shape index (κ2) is 4.22. The molecule has 0 radical (unpaired) electrons. The van der Waals surface area contributed by atoms with Gasteiger partial charge < -0.3 is 4.74 Å². The molecule has 0 saturated heterocycles. The SMILES string of the molecule is O=C1CCC(Oc2ccncc2)CC1. The van der Waals surface area contributed by atoms with Gasteiger partial charge in [-0.15, -0.1) is 0 Å². The summed E-state index contributed by atoms with van der Waals surface area (Å²) in [6.07, 6.45) is 6.65. The maximum atomic E-state index is 11.0. The van der Waals surface area contributed by atoms with E-state index in [0.29, 0.717) is 18.6 Å². The Balaban J connectivity index is 1.89. The van der Waals surface area contributed by atoms with Crippen LogP contribution in [0.5, 0.6) is 5.75 Å². The van der Waals surface area contributed by atoms with Crippen LogP contribution in [0.15, 0.2) is 24.5 Å². The lowest BCUT2D eigenvalue weighted by Crippen LogP contribution is -2.23. The van der Waals surface area contributed by atoms with Gasteiger partial charge in [0.15, 0.2) is 0 Å². The fraction of sp³-hybridized carbons (Fsp3) is 0.455. The maximum Gasteiger partial charge on any atom is 0.133 e. The average Bonchev–Trinajstić information content (AvgIpc) is 2.23. The molecule has 1 fully saturated rings. The van der Waals surface area contributed by atoms with Gasteiger partial charge in [0.1, 0.15) is 11.5 Å². The molecule has 1 aromatic heterocycles. The molecule has 2 rings (SSSR count). The summed E-state index contributed by atoms with van der Waals surface area (Å²) in [5.74, 6) is 1.21. The summed E-state index contributed by atoms with van der Waals surface area (Å²) in [6, 6.07) is 3.69. The number of pyridine rings is 1. The van der Waals surface area contributed by atoms with Crippen LogP contribution in [0.2, 0.25) is 0 Å². The third kappa shape index (κ3) is 2.31. The summed E-state index contributed by atoms with van der Waals surface area (Å²) in [5.41, 5.74) is 0. The summed E-state index contributed by atoms with van der Waals surface area (Å²) in [7, 11) is 0. The number of carbonyl (C=O) groups excluding carboxylic acids is 1. The van der Waals surface area contributed by atoms with E-state index in [9.17, 15) is 4.79 Å². The first-order valence-electron chi connectivity index (χ1n) is 4.93. The van der Waals surface area contributed by atoms with Crippen LogP contribution in [0, 0.1) is 0 Å². The molecule has 1 heterocycles. The van der Waals surface area contributed by atoms with E-state index in [1.807, 2.05) is 12.1 Å².